The van der Waals surface area contributed by atoms with E-state index in [0.717, 1.165) is 0 Å². The van der Waals surface area contributed by atoms with E-state index in [0.29, 0.717) is 23.8 Å². The average Bonchev–Trinajstić information content (AvgIpc) is 2.88. The molecule has 2 aromatic rings. The molecule has 6 heteroatoms. The molecule has 1 amide bonds. The molecule has 20 heavy (non-hydrogen) atoms. The van der Waals surface area contributed by atoms with Crippen molar-refractivity contribution in [2.24, 2.45) is 0 Å². The highest BCUT2D eigenvalue weighted by Crippen LogP contribution is 2.15. The first-order valence-electron chi connectivity index (χ1n) is 6.35. The van der Waals surface area contributed by atoms with E-state index < -0.39 is 0 Å². The largest absolute Gasteiger partial charge is 0.472 e. The Morgan fingerprint density at radius 2 is 2.15 bits per heavy atom. The molecule has 0 atom stereocenters. The number of aromatic amines is 1. The van der Waals surface area contributed by atoms with Crippen molar-refractivity contribution in [2.45, 2.75) is 32.9 Å². The molecule has 0 unspecified atom stereocenters. The van der Waals surface area contributed by atoms with Crippen molar-refractivity contribution in [2.75, 3.05) is 0 Å². The second-order valence-electron chi connectivity index (χ2n) is 5.32. The maximum Gasteiger partial charge on any atom is 0.253 e. The summed E-state index contributed by atoms with van der Waals surface area (Å²) in [4.78, 5) is 23.0. The molecule has 2 heterocycles. The van der Waals surface area contributed by atoms with Crippen molar-refractivity contribution >= 4 is 5.91 Å². The van der Waals surface area contributed by atoms with Gasteiger partial charge >= 0.3 is 0 Å². The van der Waals surface area contributed by atoms with Crippen LogP contribution >= 0.6 is 0 Å². The number of ether oxygens (including phenoxy) is 1. The molecular formula is C14H18N4O2. The number of nitrogens with one attached hydrogen (secondary N) is 2. The van der Waals surface area contributed by atoms with Crippen LogP contribution in [0, 0.1) is 0 Å². The average molecular weight is 274 g/mol. The van der Waals surface area contributed by atoms with Gasteiger partial charge in [0.25, 0.3) is 5.91 Å². The normalized spacial score (nSPS) is 11.2. The van der Waals surface area contributed by atoms with Crippen LogP contribution in [0.25, 0.3) is 0 Å². The summed E-state index contributed by atoms with van der Waals surface area (Å²) in [5.74, 6) is 1.01. The Labute approximate surface area is 117 Å². The van der Waals surface area contributed by atoms with Gasteiger partial charge in [-0.1, -0.05) is 0 Å². The third-order valence-corrected chi connectivity index (χ3v) is 2.38. The number of carbonyl (C=O) groups excluding carboxylic acids is 1. The van der Waals surface area contributed by atoms with Crippen LogP contribution < -0.4 is 10.1 Å². The number of aromatic nitrogens is 3. The van der Waals surface area contributed by atoms with Gasteiger partial charge in [-0.25, -0.2) is 9.97 Å². The number of hydrogen-bond donors (Lipinski definition) is 2. The third-order valence-electron chi connectivity index (χ3n) is 2.38. The van der Waals surface area contributed by atoms with E-state index in [-0.39, 0.29) is 11.5 Å². The summed E-state index contributed by atoms with van der Waals surface area (Å²) in [5.41, 5.74) is 0.175. The summed E-state index contributed by atoms with van der Waals surface area (Å²) < 4.78 is 5.60. The molecule has 2 rings (SSSR count). The molecule has 2 N–H and O–H groups in total. The van der Waals surface area contributed by atoms with E-state index in [4.69, 9.17) is 4.74 Å². The summed E-state index contributed by atoms with van der Waals surface area (Å²) in [6.45, 7) is 6.18. The van der Waals surface area contributed by atoms with Crippen LogP contribution in [0.5, 0.6) is 5.88 Å². The van der Waals surface area contributed by atoms with E-state index >= 15 is 0 Å². The van der Waals surface area contributed by atoms with E-state index in [1.165, 1.54) is 6.20 Å². The fourth-order valence-electron chi connectivity index (χ4n) is 1.55. The van der Waals surface area contributed by atoms with Crippen molar-refractivity contribution in [1.82, 2.24) is 20.3 Å². The molecule has 6 nitrogen and oxygen atoms in total. The van der Waals surface area contributed by atoms with Gasteiger partial charge in [-0.2, -0.15) is 0 Å². The number of pyridine rings is 1. The number of imidazole rings is 1. The number of hydrogen-bond acceptors (Lipinski definition) is 4. The lowest BCUT2D eigenvalue weighted by molar-refractivity contribution is 0.0949. The Hall–Kier alpha value is -2.37. The van der Waals surface area contributed by atoms with Crippen LogP contribution in [-0.2, 0) is 6.54 Å². The van der Waals surface area contributed by atoms with Gasteiger partial charge in [0.15, 0.2) is 0 Å². The van der Waals surface area contributed by atoms with Crippen molar-refractivity contribution in [3.05, 3.63) is 42.1 Å². The maximum atomic E-state index is 11.9. The number of nitrogens with zero attached hydrogens (tertiary/aromatic N) is 2. The lowest BCUT2D eigenvalue weighted by Crippen LogP contribution is -2.25. The predicted molar refractivity (Wildman–Crippen MR) is 74.4 cm³/mol. The maximum absolute atomic E-state index is 11.9. The summed E-state index contributed by atoms with van der Waals surface area (Å²) in [6, 6.07) is 3.37. The first-order valence-corrected chi connectivity index (χ1v) is 6.35. The Kier molecular flexibility index (Phi) is 4.02. The Morgan fingerprint density at radius 3 is 2.70 bits per heavy atom. The molecule has 2 aromatic heterocycles. The minimum Gasteiger partial charge on any atom is -0.472 e. The van der Waals surface area contributed by atoms with Crippen LogP contribution in [-0.4, -0.2) is 26.5 Å². The molecule has 106 valence electrons. The van der Waals surface area contributed by atoms with Crippen LogP contribution in [0.3, 0.4) is 0 Å². The predicted octanol–water partition coefficient (Wildman–Crippen LogP) is 1.91. The van der Waals surface area contributed by atoms with Gasteiger partial charge in [-0.05, 0) is 26.8 Å². The van der Waals surface area contributed by atoms with E-state index in [9.17, 15) is 4.79 Å². The molecule has 0 bridgehead atoms. The summed E-state index contributed by atoms with van der Waals surface area (Å²) in [6.07, 6.45) is 4.85. The van der Waals surface area contributed by atoms with Crippen molar-refractivity contribution < 1.29 is 9.53 Å². The first kappa shape index (κ1) is 14.0. The number of carbonyl (C=O) groups is 1. The highest BCUT2D eigenvalue weighted by Gasteiger charge is 2.13. The SMILES string of the molecule is CC(C)(C)Oc1ccc(C(=O)NCc2ncc[nH]2)cn1. The minimum atomic E-state index is -0.309. The van der Waals surface area contributed by atoms with Crippen molar-refractivity contribution in [3.63, 3.8) is 0 Å². The fraction of sp³-hybridized carbons (Fsp3) is 0.357. The summed E-state index contributed by atoms with van der Waals surface area (Å²) in [7, 11) is 0. The molecular weight excluding hydrogens is 256 g/mol. The highest BCUT2D eigenvalue weighted by molar-refractivity contribution is 5.93. The highest BCUT2D eigenvalue weighted by atomic mass is 16.5. The van der Waals surface area contributed by atoms with Gasteiger partial charge < -0.3 is 15.0 Å². The second-order valence-corrected chi connectivity index (χ2v) is 5.32. The third kappa shape index (κ3) is 4.08. The Balaban J connectivity index is 1.93. The minimum absolute atomic E-state index is 0.198. The molecule has 0 spiro atoms. The molecule has 0 aliphatic carbocycles. The van der Waals surface area contributed by atoms with Gasteiger partial charge in [0.1, 0.15) is 11.4 Å². The smallest absolute Gasteiger partial charge is 0.253 e. The van der Waals surface area contributed by atoms with Gasteiger partial charge in [0.05, 0.1) is 12.1 Å². The molecule has 0 aliphatic heterocycles. The van der Waals surface area contributed by atoms with Gasteiger partial charge in [0, 0.05) is 24.7 Å². The second kappa shape index (κ2) is 5.73. The number of rotatable bonds is 4. The van der Waals surface area contributed by atoms with E-state index in [1.54, 1.807) is 24.5 Å². The monoisotopic (exact) mass is 274 g/mol. The molecule has 0 radical (unpaired) electrons. The topological polar surface area (TPSA) is 79.9 Å². The van der Waals surface area contributed by atoms with Gasteiger partial charge in [-0.3, -0.25) is 4.79 Å². The van der Waals surface area contributed by atoms with Crippen LogP contribution in [0.15, 0.2) is 30.7 Å². The molecule has 0 saturated heterocycles. The lowest BCUT2D eigenvalue weighted by Gasteiger charge is -2.20. The van der Waals surface area contributed by atoms with E-state index in [1.807, 2.05) is 20.8 Å². The molecule has 0 saturated carbocycles. The fourth-order valence-corrected chi connectivity index (χ4v) is 1.55. The Morgan fingerprint density at radius 1 is 1.35 bits per heavy atom. The number of H-pyrrole nitrogens is 1. The van der Waals surface area contributed by atoms with Gasteiger partial charge in [-0.15, -0.1) is 0 Å². The molecule has 0 aromatic carbocycles. The van der Waals surface area contributed by atoms with Crippen LogP contribution in [0.4, 0.5) is 0 Å². The standard InChI is InChI=1S/C14H18N4O2/c1-14(2,3)20-12-5-4-10(8-17-12)13(19)18-9-11-15-6-7-16-11/h4-8H,9H2,1-3H3,(H,15,16)(H,18,19). The zero-order valence-corrected chi connectivity index (χ0v) is 11.8. The first-order chi connectivity index (χ1) is 9.44. The van der Waals surface area contributed by atoms with E-state index in [2.05, 4.69) is 20.3 Å². The Bertz CT molecular complexity index is 556. The molecule has 0 fully saturated rings. The molecule has 0 aliphatic rings. The number of amides is 1. The van der Waals surface area contributed by atoms with Crippen molar-refractivity contribution in [3.8, 4) is 5.88 Å². The van der Waals surface area contributed by atoms with Crippen molar-refractivity contribution in [1.29, 1.82) is 0 Å². The lowest BCUT2D eigenvalue weighted by atomic mass is 10.2. The summed E-state index contributed by atoms with van der Waals surface area (Å²) in [5, 5.41) is 2.76. The van der Waals surface area contributed by atoms with Gasteiger partial charge in [0.2, 0.25) is 5.88 Å². The van der Waals surface area contributed by atoms with Crippen LogP contribution in [0.2, 0.25) is 0 Å². The summed E-state index contributed by atoms with van der Waals surface area (Å²) >= 11 is 0. The quantitative estimate of drug-likeness (QED) is 0.892. The zero-order chi connectivity index (χ0) is 14.6. The zero-order valence-electron chi connectivity index (χ0n) is 11.8. The van der Waals surface area contributed by atoms with Crippen LogP contribution in [0.1, 0.15) is 37.0 Å².